The summed E-state index contributed by atoms with van der Waals surface area (Å²) in [6.45, 7) is 5.12. The molecule has 1 N–H and O–H groups in total. The normalized spacial score (nSPS) is 11.3. The SMILES string of the molecule is COC=C(C(=O)OC)c1ccccc1COc1ccc(NCCC(C)C)c(F)c1. The average molecular weight is 401 g/mol. The maximum absolute atomic E-state index is 14.3. The minimum Gasteiger partial charge on any atom is -0.503 e. The summed E-state index contributed by atoms with van der Waals surface area (Å²) >= 11 is 0. The highest BCUT2D eigenvalue weighted by molar-refractivity contribution is 6.16. The monoisotopic (exact) mass is 401 g/mol. The standard InChI is InChI=1S/C23H28FNO4/c1-16(2)11-12-25-22-10-9-18(13-21(22)24)29-14-17-7-5-6-8-19(17)20(15-27-3)23(26)28-4/h5-10,13,15-16,25H,11-12,14H2,1-4H3. The molecule has 0 spiro atoms. The molecule has 0 atom stereocenters. The van der Waals surface area contributed by atoms with E-state index in [1.54, 1.807) is 18.2 Å². The third-order valence-corrected chi connectivity index (χ3v) is 4.32. The van der Waals surface area contributed by atoms with Crippen molar-refractivity contribution in [2.24, 2.45) is 5.92 Å². The summed E-state index contributed by atoms with van der Waals surface area (Å²) in [4.78, 5) is 12.1. The van der Waals surface area contributed by atoms with Gasteiger partial charge in [0.15, 0.2) is 0 Å². The molecule has 0 saturated carbocycles. The summed E-state index contributed by atoms with van der Waals surface area (Å²) < 4.78 is 29.9. The van der Waals surface area contributed by atoms with Gasteiger partial charge >= 0.3 is 5.97 Å². The van der Waals surface area contributed by atoms with Crippen molar-refractivity contribution in [2.45, 2.75) is 26.9 Å². The van der Waals surface area contributed by atoms with Gasteiger partial charge < -0.3 is 19.5 Å². The van der Waals surface area contributed by atoms with Crippen LogP contribution in [0, 0.1) is 11.7 Å². The first-order valence-corrected chi connectivity index (χ1v) is 9.52. The van der Waals surface area contributed by atoms with Crippen molar-refractivity contribution < 1.29 is 23.4 Å². The first kappa shape index (κ1) is 22.3. The smallest absolute Gasteiger partial charge is 0.341 e. The van der Waals surface area contributed by atoms with Crippen molar-refractivity contribution in [3.8, 4) is 5.75 Å². The van der Waals surface area contributed by atoms with E-state index in [1.807, 2.05) is 18.2 Å². The molecule has 2 aromatic rings. The van der Waals surface area contributed by atoms with Gasteiger partial charge in [-0.25, -0.2) is 9.18 Å². The van der Waals surface area contributed by atoms with Crippen LogP contribution in [-0.4, -0.2) is 26.7 Å². The largest absolute Gasteiger partial charge is 0.503 e. The second-order valence-electron chi connectivity index (χ2n) is 6.96. The average Bonchev–Trinajstić information content (AvgIpc) is 2.71. The molecule has 156 valence electrons. The minimum absolute atomic E-state index is 0.161. The van der Waals surface area contributed by atoms with Crippen molar-refractivity contribution in [1.29, 1.82) is 0 Å². The van der Waals surface area contributed by atoms with Crippen LogP contribution in [0.15, 0.2) is 48.7 Å². The zero-order chi connectivity index (χ0) is 21.2. The molecule has 0 radical (unpaired) electrons. The molecule has 0 aliphatic carbocycles. The van der Waals surface area contributed by atoms with Gasteiger partial charge in [0, 0.05) is 12.6 Å². The fraction of sp³-hybridized carbons (Fsp3) is 0.348. The predicted octanol–water partition coefficient (Wildman–Crippen LogP) is 5.02. The number of carbonyl (C=O) groups is 1. The van der Waals surface area contributed by atoms with Crippen molar-refractivity contribution >= 4 is 17.2 Å². The van der Waals surface area contributed by atoms with Crippen LogP contribution in [0.3, 0.4) is 0 Å². The second-order valence-corrected chi connectivity index (χ2v) is 6.96. The Bertz CT molecular complexity index is 849. The number of anilines is 1. The van der Waals surface area contributed by atoms with Gasteiger partial charge in [-0.3, -0.25) is 0 Å². The van der Waals surface area contributed by atoms with Crippen molar-refractivity contribution in [3.05, 3.63) is 65.7 Å². The van der Waals surface area contributed by atoms with E-state index in [9.17, 15) is 9.18 Å². The number of ether oxygens (including phenoxy) is 3. The van der Waals surface area contributed by atoms with Crippen LogP contribution in [0.5, 0.6) is 5.75 Å². The molecule has 0 fully saturated rings. The van der Waals surface area contributed by atoms with Gasteiger partial charge in [0.2, 0.25) is 0 Å². The Kier molecular flexibility index (Phi) is 8.52. The maximum atomic E-state index is 14.3. The highest BCUT2D eigenvalue weighted by Gasteiger charge is 2.17. The first-order valence-electron chi connectivity index (χ1n) is 9.52. The number of nitrogens with one attached hydrogen (secondary N) is 1. The number of halogens is 1. The van der Waals surface area contributed by atoms with Crippen molar-refractivity contribution in [3.63, 3.8) is 0 Å². The summed E-state index contributed by atoms with van der Waals surface area (Å²) in [5.41, 5.74) is 2.12. The Morgan fingerprint density at radius 2 is 1.93 bits per heavy atom. The summed E-state index contributed by atoms with van der Waals surface area (Å²) in [6, 6.07) is 12.0. The fourth-order valence-corrected chi connectivity index (χ4v) is 2.74. The molecule has 2 rings (SSSR count). The zero-order valence-corrected chi connectivity index (χ0v) is 17.3. The van der Waals surface area contributed by atoms with Crippen LogP contribution >= 0.6 is 0 Å². The molecule has 0 amide bonds. The van der Waals surface area contributed by atoms with E-state index in [0.717, 1.165) is 12.0 Å². The third-order valence-electron chi connectivity index (χ3n) is 4.32. The molecular formula is C23H28FNO4. The van der Waals surface area contributed by atoms with E-state index < -0.39 is 5.97 Å². The van der Waals surface area contributed by atoms with Crippen LogP contribution in [0.1, 0.15) is 31.4 Å². The first-order chi connectivity index (χ1) is 14.0. The van der Waals surface area contributed by atoms with Gasteiger partial charge in [0.1, 0.15) is 23.7 Å². The van der Waals surface area contributed by atoms with E-state index in [-0.39, 0.29) is 18.0 Å². The Morgan fingerprint density at radius 3 is 2.59 bits per heavy atom. The lowest BCUT2D eigenvalue weighted by atomic mass is 10.0. The van der Waals surface area contributed by atoms with Gasteiger partial charge in [0.05, 0.1) is 26.2 Å². The molecule has 0 saturated heterocycles. The summed E-state index contributed by atoms with van der Waals surface area (Å²) in [5.74, 6) is 0.0774. The van der Waals surface area contributed by atoms with Crippen molar-refractivity contribution in [2.75, 3.05) is 26.1 Å². The molecule has 5 nitrogen and oxygen atoms in total. The number of carbonyl (C=O) groups excluding carboxylic acids is 1. The third kappa shape index (κ3) is 6.52. The quantitative estimate of drug-likeness (QED) is 0.344. The Hall–Kier alpha value is -3.02. The number of esters is 1. The molecule has 0 unspecified atom stereocenters. The Balaban J connectivity index is 2.11. The number of hydrogen-bond donors (Lipinski definition) is 1. The molecule has 0 heterocycles. The zero-order valence-electron chi connectivity index (χ0n) is 17.3. The molecule has 0 aliphatic rings. The lowest BCUT2D eigenvalue weighted by molar-refractivity contribution is -0.133. The molecule has 2 aromatic carbocycles. The van der Waals surface area contributed by atoms with Gasteiger partial charge in [-0.05, 0) is 35.6 Å². The lowest BCUT2D eigenvalue weighted by Crippen LogP contribution is -2.08. The summed E-state index contributed by atoms with van der Waals surface area (Å²) in [7, 11) is 2.77. The molecular weight excluding hydrogens is 373 g/mol. The van der Waals surface area contributed by atoms with Gasteiger partial charge in [-0.1, -0.05) is 38.1 Å². The van der Waals surface area contributed by atoms with Gasteiger partial charge in [-0.15, -0.1) is 0 Å². The number of benzene rings is 2. The number of rotatable bonds is 10. The van der Waals surface area contributed by atoms with E-state index >= 15 is 0 Å². The second kappa shape index (κ2) is 11.1. The van der Waals surface area contributed by atoms with Crippen LogP contribution in [-0.2, 0) is 20.9 Å². The van der Waals surface area contributed by atoms with Gasteiger partial charge in [-0.2, -0.15) is 0 Å². The van der Waals surface area contributed by atoms with Crippen LogP contribution in [0.4, 0.5) is 10.1 Å². The highest BCUT2D eigenvalue weighted by atomic mass is 19.1. The van der Waals surface area contributed by atoms with Crippen LogP contribution in [0.2, 0.25) is 0 Å². The maximum Gasteiger partial charge on any atom is 0.341 e. The Morgan fingerprint density at radius 1 is 1.17 bits per heavy atom. The Labute approximate surface area is 171 Å². The number of methoxy groups -OCH3 is 2. The number of hydrogen-bond acceptors (Lipinski definition) is 5. The molecule has 6 heteroatoms. The highest BCUT2D eigenvalue weighted by Crippen LogP contribution is 2.25. The molecule has 0 aliphatic heterocycles. The van der Waals surface area contributed by atoms with E-state index in [2.05, 4.69) is 19.2 Å². The van der Waals surface area contributed by atoms with E-state index in [0.29, 0.717) is 29.5 Å². The van der Waals surface area contributed by atoms with Crippen LogP contribution < -0.4 is 10.1 Å². The van der Waals surface area contributed by atoms with Gasteiger partial charge in [0.25, 0.3) is 0 Å². The predicted molar refractivity (Wildman–Crippen MR) is 112 cm³/mol. The summed E-state index contributed by atoms with van der Waals surface area (Å²) in [5, 5.41) is 3.10. The summed E-state index contributed by atoms with van der Waals surface area (Å²) in [6.07, 6.45) is 2.30. The molecule has 0 bridgehead atoms. The fourth-order valence-electron chi connectivity index (χ4n) is 2.74. The molecule has 29 heavy (non-hydrogen) atoms. The van der Waals surface area contributed by atoms with Crippen LogP contribution in [0.25, 0.3) is 5.57 Å². The van der Waals surface area contributed by atoms with Crippen molar-refractivity contribution in [1.82, 2.24) is 0 Å². The lowest BCUT2D eigenvalue weighted by Gasteiger charge is -2.14. The van der Waals surface area contributed by atoms with E-state index in [4.69, 9.17) is 14.2 Å². The topological polar surface area (TPSA) is 56.8 Å². The van der Waals surface area contributed by atoms with E-state index in [1.165, 1.54) is 26.5 Å². The molecule has 0 aromatic heterocycles. The minimum atomic E-state index is -0.512.